The molecule has 3 amide bonds. The lowest BCUT2D eigenvalue weighted by Crippen LogP contribution is -2.31. The molecule has 0 atom stereocenters. The van der Waals surface area contributed by atoms with Crippen LogP contribution >= 0.6 is 11.6 Å². The van der Waals surface area contributed by atoms with Crippen LogP contribution in [0.25, 0.3) is 0 Å². The summed E-state index contributed by atoms with van der Waals surface area (Å²) < 4.78 is 38.2. The first kappa shape index (κ1) is 25.5. The van der Waals surface area contributed by atoms with E-state index in [2.05, 4.69) is 15.6 Å². The molecule has 0 fully saturated rings. The summed E-state index contributed by atoms with van der Waals surface area (Å²) in [5, 5.41) is 17.3. The third kappa shape index (κ3) is 6.27. The van der Waals surface area contributed by atoms with Gasteiger partial charge in [0.15, 0.2) is 0 Å². The highest BCUT2D eigenvalue weighted by atomic mass is 35.5. The molecule has 1 heterocycles. The number of aromatic hydroxyl groups is 1. The summed E-state index contributed by atoms with van der Waals surface area (Å²) in [7, 11) is 0. The minimum absolute atomic E-state index is 0.138. The number of benzene rings is 2. The highest BCUT2D eigenvalue weighted by Gasteiger charge is 2.39. The number of halogens is 4. The molecule has 3 rings (SSSR count). The van der Waals surface area contributed by atoms with Crippen LogP contribution in [0.5, 0.6) is 5.75 Å². The van der Waals surface area contributed by atoms with Gasteiger partial charge in [-0.3, -0.25) is 14.4 Å². The molecule has 0 aliphatic heterocycles. The fourth-order valence-electron chi connectivity index (χ4n) is 3.04. The Morgan fingerprint density at radius 3 is 2.20 bits per heavy atom. The van der Waals surface area contributed by atoms with Crippen LogP contribution in [-0.4, -0.2) is 34.0 Å². The third-order valence-corrected chi connectivity index (χ3v) is 4.86. The largest absolute Gasteiger partial charge is 0.506 e. The lowest BCUT2D eigenvalue weighted by Gasteiger charge is -2.16. The molecule has 0 saturated carbocycles. The first-order valence-electron chi connectivity index (χ1n) is 9.92. The van der Waals surface area contributed by atoms with Crippen LogP contribution in [0.15, 0.2) is 48.7 Å². The fourth-order valence-corrected chi connectivity index (χ4v) is 3.16. The normalized spacial score (nSPS) is 11.0. The van der Waals surface area contributed by atoms with Crippen molar-refractivity contribution in [2.45, 2.75) is 20.0 Å². The topological polar surface area (TPSA) is 120 Å². The Hall–Kier alpha value is -4.12. The van der Waals surface area contributed by atoms with Crippen LogP contribution in [0, 0.1) is 13.8 Å². The Morgan fingerprint density at radius 1 is 0.886 bits per heavy atom. The summed E-state index contributed by atoms with van der Waals surface area (Å²) in [6, 6.07) is 9.46. The number of alkyl halides is 3. The van der Waals surface area contributed by atoms with Crippen molar-refractivity contribution in [2.24, 2.45) is 0 Å². The molecule has 1 aromatic heterocycles. The van der Waals surface area contributed by atoms with E-state index in [1.165, 1.54) is 48.7 Å². The zero-order valence-corrected chi connectivity index (χ0v) is 19.0. The number of aryl methyl sites for hydroxylation is 2. The zero-order chi connectivity index (χ0) is 25.9. The Labute approximate surface area is 202 Å². The van der Waals surface area contributed by atoms with E-state index in [4.69, 9.17) is 11.6 Å². The number of carbonyl (C=O) groups excluding carboxylic acids is 3. The summed E-state index contributed by atoms with van der Waals surface area (Å²) in [5.74, 6) is -4.27. The number of anilines is 3. The van der Waals surface area contributed by atoms with E-state index < -0.39 is 35.3 Å². The molecular weight excluding hydrogens is 489 g/mol. The monoisotopic (exact) mass is 506 g/mol. The lowest BCUT2D eigenvalue weighted by molar-refractivity contribution is -0.167. The lowest BCUT2D eigenvalue weighted by atomic mass is 10.1. The number of carbonyl (C=O) groups is 3. The summed E-state index contributed by atoms with van der Waals surface area (Å²) in [6.07, 6.45) is -3.87. The first-order valence-corrected chi connectivity index (χ1v) is 10.3. The molecule has 8 nitrogen and oxygen atoms in total. The van der Waals surface area contributed by atoms with Crippen molar-refractivity contribution in [1.82, 2.24) is 4.98 Å². The van der Waals surface area contributed by atoms with Crippen molar-refractivity contribution >= 4 is 46.5 Å². The van der Waals surface area contributed by atoms with Crippen LogP contribution in [0.3, 0.4) is 0 Å². The number of hydrogen-bond acceptors (Lipinski definition) is 5. The number of amides is 3. The summed E-state index contributed by atoms with van der Waals surface area (Å²) >= 11 is 5.78. The molecule has 0 saturated heterocycles. The predicted molar refractivity (Wildman–Crippen MR) is 124 cm³/mol. The number of phenolic OH excluding ortho intramolecular Hbond substituents is 1. The van der Waals surface area contributed by atoms with E-state index in [1.54, 1.807) is 19.2 Å². The number of nitrogens with zero attached hydrogens (tertiary/aromatic N) is 1. The Morgan fingerprint density at radius 2 is 1.57 bits per heavy atom. The minimum Gasteiger partial charge on any atom is -0.506 e. The van der Waals surface area contributed by atoms with Crippen LogP contribution in [0.2, 0.25) is 5.02 Å². The van der Waals surface area contributed by atoms with E-state index in [0.29, 0.717) is 16.1 Å². The number of nitrogens with one attached hydrogen (secondary N) is 3. The average molecular weight is 507 g/mol. The van der Waals surface area contributed by atoms with Gasteiger partial charge in [0.25, 0.3) is 11.8 Å². The molecule has 0 bridgehead atoms. The smallest absolute Gasteiger partial charge is 0.471 e. The molecule has 0 aliphatic rings. The van der Waals surface area contributed by atoms with Crippen molar-refractivity contribution in [3.8, 4) is 5.75 Å². The highest BCUT2D eigenvalue weighted by Crippen LogP contribution is 2.31. The number of pyridine rings is 1. The maximum Gasteiger partial charge on any atom is 0.471 e. The Kier molecular flexibility index (Phi) is 7.30. The molecule has 3 aromatic rings. The second-order valence-corrected chi connectivity index (χ2v) is 7.91. The van der Waals surface area contributed by atoms with Crippen molar-refractivity contribution < 1.29 is 32.7 Å². The predicted octanol–water partition coefficient (Wildman–Crippen LogP) is 5.06. The van der Waals surface area contributed by atoms with Gasteiger partial charge in [-0.15, -0.1) is 0 Å². The van der Waals surface area contributed by atoms with Gasteiger partial charge < -0.3 is 21.1 Å². The maximum absolute atomic E-state index is 13.0. The van der Waals surface area contributed by atoms with Crippen LogP contribution in [0.4, 0.5) is 30.4 Å². The van der Waals surface area contributed by atoms with Gasteiger partial charge in [0, 0.05) is 6.20 Å². The molecule has 0 spiro atoms. The molecule has 4 N–H and O–H groups in total. The highest BCUT2D eigenvalue weighted by molar-refractivity contribution is 6.30. The number of rotatable bonds is 5. The molecule has 182 valence electrons. The second kappa shape index (κ2) is 10.0. The van der Waals surface area contributed by atoms with Crippen molar-refractivity contribution in [2.75, 3.05) is 16.0 Å². The molecular formula is C23H18ClF3N4O4. The molecule has 0 radical (unpaired) electrons. The molecule has 12 heteroatoms. The Bertz CT molecular complexity index is 1310. The van der Waals surface area contributed by atoms with E-state index in [1.807, 2.05) is 0 Å². The van der Waals surface area contributed by atoms with Gasteiger partial charge in [0.2, 0.25) is 0 Å². The number of phenols is 1. The summed E-state index contributed by atoms with van der Waals surface area (Å²) in [6.45, 7) is 3.16. The quantitative estimate of drug-likeness (QED) is 0.360. The van der Waals surface area contributed by atoms with Gasteiger partial charge in [0.05, 0.1) is 27.5 Å². The summed E-state index contributed by atoms with van der Waals surface area (Å²) in [4.78, 5) is 41.2. The molecule has 35 heavy (non-hydrogen) atoms. The maximum atomic E-state index is 13.0. The minimum atomic E-state index is -5.17. The fraction of sp³-hybridized carbons (Fsp3) is 0.130. The average Bonchev–Trinajstić information content (AvgIpc) is 2.76. The standard InChI is InChI=1S/C23H18ClF3N4O4/c1-11-3-5-14(16(8-11)29-22(35)23(25,26)27)20(33)31-19-15(7-12(2)9-17(19)32)21(34)30-18-6-4-13(24)10-28-18/h3-10,32H,1-2H3,(H,29,35)(H,31,33)(H,28,30,34). The van der Waals surface area contributed by atoms with E-state index in [-0.39, 0.29) is 22.6 Å². The molecule has 0 unspecified atom stereocenters. The second-order valence-electron chi connectivity index (χ2n) is 7.48. The van der Waals surface area contributed by atoms with Gasteiger partial charge in [-0.25, -0.2) is 4.98 Å². The number of hydrogen-bond donors (Lipinski definition) is 4. The number of aromatic nitrogens is 1. The van der Waals surface area contributed by atoms with Crippen LogP contribution in [-0.2, 0) is 4.79 Å². The molecule has 2 aromatic carbocycles. The SMILES string of the molecule is Cc1ccc(C(=O)Nc2c(O)cc(C)cc2C(=O)Nc2ccc(Cl)cn2)c(NC(=O)C(F)(F)F)c1. The van der Waals surface area contributed by atoms with E-state index >= 15 is 0 Å². The van der Waals surface area contributed by atoms with E-state index in [0.717, 1.165) is 0 Å². The summed E-state index contributed by atoms with van der Waals surface area (Å²) in [5.41, 5.74) is -0.177. The van der Waals surface area contributed by atoms with Crippen LogP contribution < -0.4 is 16.0 Å². The van der Waals surface area contributed by atoms with Gasteiger partial charge in [-0.2, -0.15) is 13.2 Å². The molecule has 0 aliphatic carbocycles. The van der Waals surface area contributed by atoms with Crippen molar-refractivity contribution in [3.05, 3.63) is 75.9 Å². The van der Waals surface area contributed by atoms with Crippen LogP contribution in [0.1, 0.15) is 31.8 Å². The van der Waals surface area contributed by atoms with Crippen molar-refractivity contribution in [1.29, 1.82) is 0 Å². The Balaban J connectivity index is 1.94. The third-order valence-electron chi connectivity index (χ3n) is 4.64. The van der Waals surface area contributed by atoms with Gasteiger partial charge in [-0.05, 0) is 61.4 Å². The van der Waals surface area contributed by atoms with Gasteiger partial charge in [-0.1, -0.05) is 17.7 Å². The first-order chi connectivity index (χ1) is 16.3. The zero-order valence-electron chi connectivity index (χ0n) is 18.2. The van der Waals surface area contributed by atoms with Crippen molar-refractivity contribution in [3.63, 3.8) is 0 Å². The van der Waals surface area contributed by atoms with Gasteiger partial charge in [0.1, 0.15) is 11.6 Å². The van der Waals surface area contributed by atoms with E-state index in [9.17, 15) is 32.7 Å². The van der Waals surface area contributed by atoms with Gasteiger partial charge >= 0.3 is 12.1 Å².